The normalized spacial score (nSPS) is 9.54. The molecule has 0 amide bonds. The molecule has 0 saturated heterocycles. The Kier molecular flexibility index (Phi) is 2.82. The first-order valence-corrected chi connectivity index (χ1v) is 3.55. The quantitative estimate of drug-likeness (QED) is 0.578. The van der Waals surface area contributed by atoms with Crippen LogP contribution in [0.3, 0.4) is 0 Å². The second-order valence-corrected chi connectivity index (χ2v) is 2.52. The summed E-state index contributed by atoms with van der Waals surface area (Å²) in [6.07, 6.45) is 0. The van der Waals surface area contributed by atoms with Gasteiger partial charge in [0.1, 0.15) is 0 Å². The molecule has 1 aromatic carbocycles. The number of para-hydroxylation sites is 1. The molecule has 2 aromatic rings. The van der Waals surface area contributed by atoms with Crippen LogP contribution in [0.15, 0.2) is 30.3 Å². The molecule has 2 rings (SSSR count). The predicted molar refractivity (Wildman–Crippen MR) is 52.2 cm³/mol. The van der Waals surface area contributed by atoms with Crippen molar-refractivity contribution >= 4 is 29.8 Å². The van der Waals surface area contributed by atoms with E-state index in [2.05, 4.69) is 4.98 Å². The molecule has 0 aliphatic heterocycles. The van der Waals surface area contributed by atoms with E-state index in [0.717, 1.165) is 5.39 Å². The fraction of sp³-hybridized carbons (Fsp3) is 0. The van der Waals surface area contributed by atoms with Crippen molar-refractivity contribution in [3.63, 3.8) is 0 Å². The molecule has 0 saturated carbocycles. The molecular weight excluding hydrogens is 161 g/mol. The first-order chi connectivity index (χ1) is 5.77. The van der Waals surface area contributed by atoms with Crippen LogP contribution in [0.1, 0.15) is 0 Å². The van der Waals surface area contributed by atoms with Crippen molar-refractivity contribution in [1.29, 1.82) is 0 Å². The number of aromatic hydroxyl groups is 2. The second-order valence-electron chi connectivity index (χ2n) is 2.52. The molecule has 0 spiro atoms. The molecule has 0 atom stereocenters. The van der Waals surface area contributed by atoms with Crippen molar-refractivity contribution < 1.29 is 10.2 Å². The van der Waals surface area contributed by atoms with Crippen molar-refractivity contribution in [2.24, 2.45) is 0 Å². The van der Waals surface area contributed by atoms with E-state index in [1.54, 1.807) is 6.07 Å². The molecule has 13 heavy (non-hydrogen) atoms. The number of rotatable bonds is 0. The van der Waals surface area contributed by atoms with Crippen molar-refractivity contribution in [2.45, 2.75) is 0 Å². The molecule has 0 aliphatic rings. The zero-order valence-corrected chi connectivity index (χ0v) is 6.23. The number of fused-ring (bicyclic) bond motifs is 1. The third-order valence-electron chi connectivity index (χ3n) is 1.68. The van der Waals surface area contributed by atoms with Gasteiger partial charge in [-0.25, -0.2) is 4.98 Å². The van der Waals surface area contributed by atoms with Crippen molar-refractivity contribution in [3.05, 3.63) is 30.3 Å². The van der Waals surface area contributed by atoms with Gasteiger partial charge in [-0.3, -0.25) is 0 Å². The Hall–Kier alpha value is -1.17. The summed E-state index contributed by atoms with van der Waals surface area (Å²) >= 11 is 0. The maximum absolute atomic E-state index is 9.10. The summed E-state index contributed by atoms with van der Waals surface area (Å²) in [5, 5.41) is 19.0. The van der Waals surface area contributed by atoms with Crippen LogP contribution in [0.25, 0.3) is 10.9 Å². The number of benzene rings is 1. The van der Waals surface area contributed by atoms with Crippen LogP contribution in [0.5, 0.6) is 11.6 Å². The molecule has 62 valence electrons. The fourth-order valence-corrected chi connectivity index (χ4v) is 1.09. The summed E-state index contributed by atoms with van der Waals surface area (Å²) in [5.74, 6) is -0.512. The van der Waals surface area contributed by atoms with Gasteiger partial charge >= 0.3 is 18.9 Å². The molecule has 1 aromatic heterocycles. The molecule has 0 bridgehead atoms. The summed E-state index contributed by atoms with van der Waals surface area (Å²) in [5.41, 5.74) is 0.674. The summed E-state index contributed by atoms with van der Waals surface area (Å²) in [4.78, 5) is 3.78. The summed E-state index contributed by atoms with van der Waals surface area (Å²) in [7, 11) is 0. The Balaban J connectivity index is 0.000000845. The average molecular weight is 169 g/mol. The number of hydrogen-bond donors (Lipinski definition) is 2. The van der Waals surface area contributed by atoms with Crippen LogP contribution in [-0.4, -0.2) is 34.1 Å². The van der Waals surface area contributed by atoms with Gasteiger partial charge < -0.3 is 10.2 Å². The van der Waals surface area contributed by atoms with E-state index < -0.39 is 0 Å². The zero-order chi connectivity index (χ0) is 8.55. The van der Waals surface area contributed by atoms with Crippen LogP contribution in [0.4, 0.5) is 0 Å². The Bertz CT molecular complexity index is 390. The van der Waals surface area contributed by atoms with Crippen molar-refractivity contribution in [3.8, 4) is 11.6 Å². The predicted octanol–water partition coefficient (Wildman–Crippen LogP) is 0.997. The molecular formula is C9H8LiNO2. The molecule has 2 N–H and O–H groups in total. The molecule has 0 radical (unpaired) electrons. The maximum atomic E-state index is 9.10. The number of nitrogens with zero attached hydrogens (tertiary/aromatic N) is 1. The van der Waals surface area contributed by atoms with Gasteiger partial charge in [0.15, 0.2) is 5.75 Å². The number of pyridine rings is 1. The van der Waals surface area contributed by atoms with Crippen LogP contribution < -0.4 is 0 Å². The van der Waals surface area contributed by atoms with Gasteiger partial charge in [0.2, 0.25) is 0 Å². The first kappa shape index (κ1) is 9.91. The fourth-order valence-electron chi connectivity index (χ4n) is 1.09. The van der Waals surface area contributed by atoms with Crippen LogP contribution in [0.2, 0.25) is 0 Å². The van der Waals surface area contributed by atoms with Gasteiger partial charge in [0.25, 0.3) is 5.88 Å². The third-order valence-corrected chi connectivity index (χ3v) is 1.68. The molecule has 1 heterocycles. The van der Waals surface area contributed by atoms with E-state index in [0.29, 0.717) is 5.52 Å². The molecule has 0 fully saturated rings. The van der Waals surface area contributed by atoms with Gasteiger partial charge in [-0.15, -0.1) is 0 Å². The topological polar surface area (TPSA) is 53.4 Å². The third kappa shape index (κ3) is 1.77. The Morgan fingerprint density at radius 1 is 1.08 bits per heavy atom. The van der Waals surface area contributed by atoms with Crippen LogP contribution in [-0.2, 0) is 0 Å². The Labute approximate surface area is 87.2 Å². The van der Waals surface area contributed by atoms with Crippen molar-refractivity contribution in [1.82, 2.24) is 4.98 Å². The molecule has 0 unspecified atom stereocenters. The number of aromatic nitrogens is 1. The number of hydrogen-bond acceptors (Lipinski definition) is 3. The van der Waals surface area contributed by atoms with E-state index in [9.17, 15) is 0 Å². The van der Waals surface area contributed by atoms with E-state index in [1.807, 2.05) is 18.2 Å². The van der Waals surface area contributed by atoms with Gasteiger partial charge in [-0.05, 0) is 12.1 Å². The van der Waals surface area contributed by atoms with Crippen LogP contribution >= 0.6 is 0 Å². The molecule has 0 aliphatic carbocycles. The minimum absolute atomic E-state index is 0. The molecule has 4 heteroatoms. The first-order valence-electron chi connectivity index (χ1n) is 3.55. The summed E-state index contributed by atoms with van der Waals surface area (Å²) in [6, 6.07) is 8.75. The van der Waals surface area contributed by atoms with E-state index in [1.165, 1.54) is 6.07 Å². The van der Waals surface area contributed by atoms with Crippen molar-refractivity contribution in [2.75, 3.05) is 0 Å². The second kappa shape index (κ2) is 3.69. The average Bonchev–Trinajstić information content (AvgIpc) is 2.07. The van der Waals surface area contributed by atoms with Gasteiger partial charge in [-0.1, -0.05) is 18.2 Å². The van der Waals surface area contributed by atoms with Gasteiger partial charge in [-0.2, -0.15) is 0 Å². The zero-order valence-electron chi connectivity index (χ0n) is 6.23. The monoisotopic (exact) mass is 169 g/mol. The summed E-state index contributed by atoms with van der Waals surface area (Å²) in [6.45, 7) is 0. The van der Waals surface area contributed by atoms with E-state index in [-0.39, 0.29) is 30.5 Å². The van der Waals surface area contributed by atoms with Crippen LogP contribution in [0, 0.1) is 0 Å². The molecule has 3 nitrogen and oxygen atoms in total. The Morgan fingerprint density at radius 3 is 2.54 bits per heavy atom. The van der Waals surface area contributed by atoms with E-state index >= 15 is 0 Å². The standard InChI is InChI=1S/C9H7NO2.Li.H/c11-8-5-6-3-1-2-4-7(6)10-9(8)12;;/h1-5,11H,(H,10,12);;. The van der Waals surface area contributed by atoms with Gasteiger partial charge in [0, 0.05) is 5.39 Å². The Morgan fingerprint density at radius 2 is 1.77 bits per heavy atom. The SMILES string of the molecule is Oc1cc2ccccc2nc1O.[LiH]. The van der Waals surface area contributed by atoms with E-state index in [4.69, 9.17) is 10.2 Å². The minimum atomic E-state index is -0.325. The summed E-state index contributed by atoms with van der Waals surface area (Å²) < 4.78 is 0. The van der Waals surface area contributed by atoms with Gasteiger partial charge in [0.05, 0.1) is 5.52 Å².